The molecule has 7 nitrogen and oxygen atoms in total. The first-order valence-electron chi connectivity index (χ1n) is 12.6. The quantitative estimate of drug-likeness (QED) is 0.242. The molecule has 0 radical (unpaired) electrons. The third-order valence-corrected chi connectivity index (χ3v) is 8.32. The number of nitrogens with zero attached hydrogens (tertiary/aromatic N) is 3. The molecule has 1 amide bonds. The van der Waals surface area contributed by atoms with Gasteiger partial charge in [-0.25, -0.2) is 9.78 Å². The Bertz CT molecular complexity index is 1710. The van der Waals surface area contributed by atoms with Gasteiger partial charge in [-0.15, -0.1) is 12.4 Å². The van der Waals surface area contributed by atoms with E-state index in [1.165, 1.54) is 15.8 Å². The summed E-state index contributed by atoms with van der Waals surface area (Å²) in [6.07, 6.45) is 0. The number of hydrogen-bond donors (Lipinski definition) is 1. The van der Waals surface area contributed by atoms with E-state index in [0.717, 1.165) is 59.5 Å². The van der Waals surface area contributed by atoms with Crippen molar-refractivity contribution in [3.63, 3.8) is 0 Å². The number of carbonyl (C=O) groups is 1. The highest BCUT2D eigenvalue weighted by Gasteiger charge is 2.21. The number of nitrogens with one attached hydrogen (secondary N) is 1. The SMILES string of the molecule is Cc1cc(C)c2sc(N3CCN(CCNC(=O)c4cc5c(ccc6ccccc65)oc4=O)CC3)nc2c1.Cl. The number of anilines is 1. The van der Waals surface area contributed by atoms with E-state index in [1.54, 1.807) is 23.5 Å². The summed E-state index contributed by atoms with van der Waals surface area (Å²) in [4.78, 5) is 34.9. The van der Waals surface area contributed by atoms with Crippen molar-refractivity contribution in [3.05, 3.63) is 81.7 Å². The molecule has 38 heavy (non-hydrogen) atoms. The molecule has 1 aliphatic rings. The second kappa shape index (κ2) is 10.7. The van der Waals surface area contributed by atoms with E-state index < -0.39 is 11.5 Å². The minimum atomic E-state index is -0.616. The summed E-state index contributed by atoms with van der Waals surface area (Å²) in [6.45, 7) is 9.03. The molecule has 9 heteroatoms. The topological polar surface area (TPSA) is 78.7 Å². The Morgan fingerprint density at radius 2 is 1.82 bits per heavy atom. The highest BCUT2D eigenvalue weighted by Crippen LogP contribution is 2.32. The fraction of sp³-hybridized carbons (Fsp3) is 0.276. The van der Waals surface area contributed by atoms with Crippen LogP contribution in [0.25, 0.3) is 32.0 Å². The Labute approximate surface area is 230 Å². The molecule has 2 aromatic heterocycles. The van der Waals surface area contributed by atoms with Gasteiger partial charge in [0.15, 0.2) is 5.13 Å². The molecule has 196 valence electrons. The maximum atomic E-state index is 12.9. The van der Waals surface area contributed by atoms with Gasteiger partial charge in [-0.3, -0.25) is 9.69 Å². The average molecular weight is 549 g/mol. The maximum absolute atomic E-state index is 12.9. The smallest absolute Gasteiger partial charge is 0.349 e. The predicted octanol–water partition coefficient (Wildman–Crippen LogP) is 5.15. The van der Waals surface area contributed by atoms with Crippen LogP contribution < -0.4 is 15.8 Å². The first-order chi connectivity index (χ1) is 18.0. The molecule has 3 aromatic carbocycles. The highest BCUT2D eigenvalue weighted by atomic mass is 35.5. The summed E-state index contributed by atoms with van der Waals surface area (Å²) in [5, 5.41) is 6.73. The largest absolute Gasteiger partial charge is 0.422 e. The fourth-order valence-corrected chi connectivity index (χ4v) is 6.18. The lowest BCUT2D eigenvalue weighted by atomic mass is 10.0. The second-order valence-corrected chi connectivity index (χ2v) is 10.6. The van der Waals surface area contributed by atoms with Crippen LogP contribution >= 0.6 is 23.7 Å². The van der Waals surface area contributed by atoms with Gasteiger partial charge < -0.3 is 14.6 Å². The summed E-state index contributed by atoms with van der Waals surface area (Å²) in [6, 6.07) is 17.6. The third-order valence-electron chi connectivity index (χ3n) is 7.05. The lowest BCUT2D eigenvalue weighted by Gasteiger charge is -2.34. The molecule has 5 aromatic rings. The molecule has 0 aliphatic carbocycles. The van der Waals surface area contributed by atoms with Crippen molar-refractivity contribution >= 4 is 66.7 Å². The number of carbonyl (C=O) groups excluding carboxylic acids is 1. The first kappa shape index (κ1) is 26.2. The van der Waals surface area contributed by atoms with Crippen LogP contribution in [0.4, 0.5) is 5.13 Å². The van der Waals surface area contributed by atoms with Gasteiger partial charge in [0, 0.05) is 44.7 Å². The van der Waals surface area contributed by atoms with E-state index in [0.29, 0.717) is 12.1 Å². The van der Waals surface area contributed by atoms with Gasteiger partial charge in [-0.1, -0.05) is 47.7 Å². The lowest BCUT2D eigenvalue weighted by molar-refractivity contribution is 0.0944. The molecular weight excluding hydrogens is 520 g/mol. The van der Waals surface area contributed by atoms with Gasteiger partial charge >= 0.3 is 5.63 Å². The fourth-order valence-electron chi connectivity index (χ4n) is 5.12. The van der Waals surface area contributed by atoms with Crippen LogP contribution in [0.5, 0.6) is 0 Å². The molecule has 0 unspecified atom stereocenters. The number of amides is 1. The van der Waals surface area contributed by atoms with E-state index in [1.807, 2.05) is 30.3 Å². The van der Waals surface area contributed by atoms with Crippen LogP contribution in [0, 0.1) is 13.8 Å². The number of benzene rings is 3. The van der Waals surface area contributed by atoms with Gasteiger partial charge in [-0.05, 0) is 53.9 Å². The summed E-state index contributed by atoms with van der Waals surface area (Å²) < 4.78 is 6.73. The zero-order valence-electron chi connectivity index (χ0n) is 21.3. The van der Waals surface area contributed by atoms with Crippen molar-refractivity contribution in [2.24, 2.45) is 0 Å². The first-order valence-corrected chi connectivity index (χ1v) is 13.4. The van der Waals surface area contributed by atoms with Crippen molar-refractivity contribution in [3.8, 4) is 0 Å². The molecule has 6 rings (SSSR count). The third kappa shape index (κ3) is 4.99. The highest BCUT2D eigenvalue weighted by molar-refractivity contribution is 7.22. The standard InChI is InChI=1S/C29H28N4O3S.ClH/c1-18-15-19(2)26-24(16-18)31-29(37-26)33-13-11-32(12-14-33)10-9-30-27(34)23-17-22-21-6-4-3-5-20(21)7-8-25(22)36-28(23)35;/h3-8,15-17H,9-14H2,1-2H3,(H,30,34);1H. The van der Waals surface area contributed by atoms with Crippen LogP contribution in [-0.2, 0) is 0 Å². The number of rotatable bonds is 5. The van der Waals surface area contributed by atoms with Crippen LogP contribution in [0.15, 0.2) is 63.8 Å². The number of piperazine rings is 1. The number of fused-ring (bicyclic) bond motifs is 4. The number of thiazole rings is 1. The molecule has 0 saturated carbocycles. The molecule has 3 heterocycles. The Morgan fingerprint density at radius 3 is 2.63 bits per heavy atom. The van der Waals surface area contributed by atoms with E-state index in [-0.39, 0.29) is 18.0 Å². The van der Waals surface area contributed by atoms with Gasteiger partial charge in [0.1, 0.15) is 11.1 Å². The Hall–Kier alpha value is -3.46. The number of halogens is 1. The van der Waals surface area contributed by atoms with Crippen LogP contribution in [-0.4, -0.2) is 55.1 Å². The van der Waals surface area contributed by atoms with E-state index >= 15 is 0 Å². The monoisotopic (exact) mass is 548 g/mol. The van der Waals surface area contributed by atoms with Crippen molar-refractivity contribution in [1.29, 1.82) is 0 Å². The Balaban J connectivity index is 0.00000294. The summed E-state index contributed by atoms with van der Waals surface area (Å²) in [5.41, 5.74) is 3.50. The van der Waals surface area contributed by atoms with E-state index in [4.69, 9.17) is 9.40 Å². The molecule has 1 saturated heterocycles. The van der Waals surface area contributed by atoms with Crippen molar-refractivity contribution in [1.82, 2.24) is 15.2 Å². The number of hydrogen-bond acceptors (Lipinski definition) is 7. The zero-order valence-corrected chi connectivity index (χ0v) is 23.0. The van der Waals surface area contributed by atoms with Crippen molar-refractivity contribution in [2.75, 3.05) is 44.2 Å². The number of aryl methyl sites for hydroxylation is 2. The summed E-state index contributed by atoms with van der Waals surface area (Å²) >= 11 is 1.76. The minimum Gasteiger partial charge on any atom is -0.422 e. The maximum Gasteiger partial charge on any atom is 0.349 e. The molecule has 1 fully saturated rings. The second-order valence-electron chi connectivity index (χ2n) is 9.66. The average Bonchev–Trinajstić information content (AvgIpc) is 3.33. The van der Waals surface area contributed by atoms with E-state index in [2.05, 4.69) is 41.1 Å². The summed E-state index contributed by atoms with van der Waals surface area (Å²) in [5.74, 6) is -0.401. The van der Waals surface area contributed by atoms with E-state index in [9.17, 15) is 9.59 Å². The lowest BCUT2D eigenvalue weighted by Crippen LogP contribution is -2.48. The van der Waals surface area contributed by atoms with Gasteiger partial charge in [0.25, 0.3) is 5.91 Å². The molecule has 0 atom stereocenters. The predicted molar refractivity (Wildman–Crippen MR) is 157 cm³/mol. The molecule has 1 N–H and O–H groups in total. The van der Waals surface area contributed by atoms with Crippen LogP contribution in [0.2, 0.25) is 0 Å². The normalized spacial score (nSPS) is 14.2. The number of aromatic nitrogens is 1. The minimum absolute atomic E-state index is 0. The van der Waals surface area contributed by atoms with Crippen LogP contribution in [0.1, 0.15) is 21.5 Å². The molecule has 1 aliphatic heterocycles. The van der Waals surface area contributed by atoms with Crippen molar-refractivity contribution < 1.29 is 9.21 Å². The summed E-state index contributed by atoms with van der Waals surface area (Å²) in [7, 11) is 0. The van der Waals surface area contributed by atoms with Gasteiger partial charge in [0.05, 0.1) is 10.2 Å². The Morgan fingerprint density at radius 1 is 1.03 bits per heavy atom. The molecule has 0 spiro atoms. The molecule has 0 bridgehead atoms. The van der Waals surface area contributed by atoms with Gasteiger partial charge in [-0.2, -0.15) is 0 Å². The van der Waals surface area contributed by atoms with Crippen LogP contribution in [0.3, 0.4) is 0 Å². The zero-order chi connectivity index (χ0) is 25.5. The van der Waals surface area contributed by atoms with Gasteiger partial charge in [0.2, 0.25) is 0 Å². The molecular formula is C29H29ClN4O3S. The van der Waals surface area contributed by atoms with Crippen molar-refractivity contribution in [2.45, 2.75) is 13.8 Å². The Kier molecular flexibility index (Phi) is 7.38.